The van der Waals surface area contributed by atoms with E-state index in [-0.39, 0.29) is 5.91 Å². The van der Waals surface area contributed by atoms with Gasteiger partial charge in [-0.05, 0) is 18.4 Å². The molecule has 1 saturated heterocycles. The van der Waals surface area contributed by atoms with Crippen molar-refractivity contribution in [3.05, 3.63) is 65.9 Å². The first-order valence-corrected chi connectivity index (χ1v) is 8.65. The molecule has 1 aromatic heterocycles. The molecule has 0 spiro atoms. The van der Waals surface area contributed by atoms with E-state index in [0.717, 1.165) is 35.2 Å². The summed E-state index contributed by atoms with van der Waals surface area (Å²) in [5.41, 5.74) is 1.44. The molecular formula is C20H20N4O. The monoisotopic (exact) mass is 332 g/mol. The van der Waals surface area contributed by atoms with Gasteiger partial charge in [0, 0.05) is 30.4 Å². The van der Waals surface area contributed by atoms with E-state index in [2.05, 4.69) is 20.4 Å². The Morgan fingerprint density at radius 3 is 2.36 bits per heavy atom. The Kier molecular flexibility index (Phi) is 4.29. The van der Waals surface area contributed by atoms with Gasteiger partial charge in [-0.2, -0.15) is 0 Å². The molecule has 25 heavy (non-hydrogen) atoms. The molecule has 1 fully saturated rings. The van der Waals surface area contributed by atoms with Gasteiger partial charge < -0.3 is 10.2 Å². The average molecular weight is 332 g/mol. The number of aromatic nitrogens is 2. The van der Waals surface area contributed by atoms with Crippen molar-refractivity contribution in [3.8, 4) is 0 Å². The van der Waals surface area contributed by atoms with Crippen LogP contribution in [0.5, 0.6) is 0 Å². The molecule has 1 aliphatic rings. The van der Waals surface area contributed by atoms with E-state index in [9.17, 15) is 4.79 Å². The summed E-state index contributed by atoms with van der Waals surface area (Å²) in [7, 11) is 0. The minimum absolute atomic E-state index is 0.194. The maximum absolute atomic E-state index is 12.6. The quantitative estimate of drug-likeness (QED) is 0.797. The van der Waals surface area contributed by atoms with Gasteiger partial charge in [-0.25, -0.2) is 0 Å². The summed E-state index contributed by atoms with van der Waals surface area (Å²) >= 11 is 0. The molecular weight excluding hydrogens is 312 g/mol. The highest BCUT2D eigenvalue weighted by Gasteiger charge is 2.20. The van der Waals surface area contributed by atoms with Crippen molar-refractivity contribution in [2.75, 3.05) is 18.0 Å². The number of benzene rings is 2. The zero-order valence-corrected chi connectivity index (χ0v) is 14.0. The van der Waals surface area contributed by atoms with E-state index in [1.807, 2.05) is 54.6 Å². The Morgan fingerprint density at radius 2 is 1.60 bits per heavy atom. The Bertz CT molecular complexity index is 889. The highest BCUT2D eigenvalue weighted by atomic mass is 16.1. The average Bonchev–Trinajstić information content (AvgIpc) is 3.20. The van der Waals surface area contributed by atoms with Gasteiger partial charge in [-0.3, -0.25) is 4.79 Å². The SMILES string of the molecule is O=C(NCc1ccccc1)c1nnc(N2CCCC2)c2ccccc12. The highest BCUT2D eigenvalue weighted by molar-refractivity contribution is 6.07. The first-order valence-electron chi connectivity index (χ1n) is 8.65. The van der Waals surface area contributed by atoms with Crippen LogP contribution < -0.4 is 10.2 Å². The molecule has 0 radical (unpaired) electrons. The lowest BCUT2D eigenvalue weighted by Crippen LogP contribution is -2.26. The van der Waals surface area contributed by atoms with Gasteiger partial charge in [-0.15, -0.1) is 10.2 Å². The number of carbonyl (C=O) groups excluding carboxylic acids is 1. The molecule has 0 saturated carbocycles. The van der Waals surface area contributed by atoms with Gasteiger partial charge in [0.2, 0.25) is 0 Å². The Morgan fingerprint density at radius 1 is 0.920 bits per heavy atom. The number of carbonyl (C=O) groups is 1. The molecule has 5 nitrogen and oxygen atoms in total. The molecule has 2 aromatic carbocycles. The fourth-order valence-electron chi connectivity index (χ4n) is 3.28. The van der Waals surface area contributed by atoms with Crippen LogP contribution in [0.1, 0.15) is 28.9 Å². The maximum Gasteiger partial charge on any atom is 0.272 e. The van der Waals surface area contributed by atoms with Crippen LogP contribution in [0, 0.1) is 0 Å². The molecule has 1 amide bonds. The second-order valence-electron chi connectivity index (χ2n) is 6.28. The summed E-state index contributed by atoms with van der Waals surface area (Å²) in [5.74, 6) is 0.688. The van der Waals surface area contributed by atoms with Crippen molar-refractivity contribution in [3.63, 3.8) is 0 Å². The smallest absolute Gasteiger partial charge is 0.272 e. The lowest BCUT2D eigenvalue weighted by molar-refractivity contribution is 0.0947. The van der Waals surface area contributed by atoms with E-state index >= 15 is 0 Å². The first-order chi connectivity index (χ1) is 12.3. The summed E-state index contributed by atoms with van der Waals surface area (Å²) in [6.07, 6.45) is 2.35. The lowest BCUT2D eigenvalue weighted by Gasteiger charge is -2.18. The molecule has 3 aromatic rings. The molecule has 0 atom stereocenters. The number of nitrogens with zero attached hydrogens (tertiary/aromatic N) is 3. The minimum atomic E-state index is -0.194. The van der Waals surface area contributed by atoms with E-state index in [4.69, 9.17) is 0 Å². The third-order valence-electron chi connectivity index (χ3n) is 4.58. The van der Waals surface area contributed by atoms with Crippen LogP contribution in [-0.4, -0.2) is 29.2 Å². The van der Waals surface area contributed by atoms with Crippen LogP contribution in [0.15, 0.2) is 54.6 Å². The summed E-state index contributed by atoms with van der Waals surface area (Å²) in [4.78, 5) is 14.9. The maximum atomic E-state index is 12.6. The predicted octanol–water partition coefficient (Wildman–Crippen LogP) is 3.16. The van der Waals surface area contributed by atoms with E-state index in [0.29, 0.717) is 12.2 Å². The van der Waals surface area contributed by atoms with Gasteiger partial charge in [0.25, 0.3) is 5.91 Å². The van der Waals surface area contributed by atoms with Crippen molar-refractivity contribution in [2.45, 2.75) is 19.4 Å². The Balaban J connectivity index is 1.63. The number of amides is 1. The molecule has 1 N–H and O–H groups in total. The second kappa shape index (κ2) is 6.89. The third kappa shape index (κ3) is 3.18. The predicted molar refractivity (Wildman–Crippen MR) is 98.6 cm³/mol. The largest absolute Gasteiger partial charge is 0.355 e. The zero-order chi connectivity index (χ0) is 17.1. The molecule has 0 aliphatic carbocycles. The van der Waals surface area contributed by atoms with Gasteiger partial charge in [0.05, 0.1) is 0 Å². The summed E-state index contributed by atoms with van der Waals surface area (Å²) < 4.78 is 0. The summed E-state index contributed by atoms with van der Waals surface area (Å²) in [6.45, 7) is 2.47. The van der Waals surface area contributed by atoms with Gasteiger partial charge >= 0.3 is 0 Å². The Hall–Kier alpha value is -2.95. The van der Waals surface area contributed by atoms with E-state index in [1.165, 1.54) is 12.8 Å². The van der Waals surface area contributed by atoms with Crippen molar-refractivity contribution >= 4 is 22.5 Å². The van der Waals surface area contributed by atoms with Crippen LogP contribution in [-0.2, 0) is 6.54 Å². The van der Waals surface area contributed by atoms with Crippen LogP contribution in [0.4, 0.5) is 5.82 Å². The third-order valence-corrected chi connectivity index (χ3v) is 4.58. The molecule has 2 heterocycles. The second-order valence-corrected chi connectivity index (χ2v) is 6.28. The number of nitrogens with one attached hydrogen (secondary N) is 1. The summed E-state index contributed by atoms with van der Waals surface area (Å²) in [6, 6.07) is 17.7. The first kappa shape index (κ1) is 15.6. The molecule has 126 valence electrons. The van der Waals surface area contributed by atoms with Crippen LogP contribution >= 0.6 is 0 Å². The molecule has 0 unspecified atom stereocenters. The molecule has 5 heteroatoms. The fourth-order valence-corrected chi connectivity index (χ4v) is 3.28. The molecule has 0 bridgehead atoms. The minimum Gasteiger partial charge on any atom is -0.355 e. The summed E-state index contributed by atoms with van der Waals surface area (Å²) in [5, 5.41) is 13.4. The topological polar surface area (TPSA) is 58.1 Å². The molecule has 4 rings (SSSR count). The number of hydrogen-bond donors (Lipinski definition) is 1. The van der Waals surface area contributed by atoms with Crippen molar-refractivity contribution < 1.29 is 4.79 Å². The number of rotatable bonds is 4. The molecule has 1 aliphatic heterocycles. The van der Waals surface area contributed by atoms with Crippen molar-refractivity contribution in [1.82, 2.24) is 15.5 Å². The van der Waals surface area contributed by atoms with E-state index < -0.39 is 0 Å². The number of hydrogen-bond acceptors (Lipinski definition) is 4. The zero-order valence-electron chi connectivity index (χ0n) is 14.0. The lowest BCUT2D eigenvalue weighted by atomic mass is 10.1. The van der Waals surface area contributed by atoms with Gasteiger partial charge in [0.1, 0.15) is 0 Å². The number of anilines is 1. The highest BCUT2D eigenvalue weighted by Crippen LogP contribution is 2.28. The van der Waals surface area contributed by atoms with E-state index in [1.54, 1.807) is 0 Å². The van der Waals surface area contributed by atoms with Gasteiger partial charge in [-0.1, -0.05) is 54.6 Å². The Labute approximate surface area is 146 Å². The van der Waals surface area contributed by atoms with Crippen LogP contribution in [0.25, 0.3) is 10.8 Å². The fraction of sp³-hybridized carbons (Fsp3) is 0.250. The van der Waals surface area contributed by atoms with Crippen LogP contribution in [0.3, 0.4) is 0 Å². The number of fused-ring (bicyclic) bond motifs is 1. The normalized spacial score (nSPS) is 14.0. The standard InChI is InChI=1S/C20H20N4O/c25-20(21-14-15-8-2-1-3-9-15)18-16-10-4-5-11-17(16)19(23-22-18)24-12-6-7-13-24/h1-5,8-11H,6-7,12-14H2,(H,21,25). The van der Waals surface area contributed by atoms with Crippen molar-refractivity contribution in [2.24, 2.45) is 0 Å². The van der Waals surface area contributed by atoms with Crippen LogP contribution in [0.2, 0.25) is 0 Å². The van der Waals surface area contributed by atoms with Gasteiger partial charge in [0.15, 0.2) is 11.5 Å². The van der Waals surface area contributed by atoms with Crippen molar-refractivity contribution in [1.29, 1.82) is 0 Å².